The first kappa shape index (κ1) is 16.1. The van der Waals surface area contributed by atoms with Gasteiger partial charge in [-0.25, -0.2) is 5.43 Å². The molecule has 1 aromatic heterocycles. The van der Waals surface area contributed by atoms with Gasteiger partial charge in [0.15, 0.2) is 6.61 Å². The summed E-state index contributed by atoms with van der Waals surface area (Å²) < 4.78 is 6.60. The molecule has 0 radical (unpaired) electrons. The number of fused-ring (bicyclic) bond motifs is 1. The van der Waals surface area contributed by atoms with Crippen molar-refractivity contribution in [3.8, 4) is 5.75 Å². The van der Waals surface area contributed by atoms with E-state index in [9.17, 15) is 4.79 Å². The average molecular weight is 384 g/mol. The highest BCUT2D eigenvalue weighted by Gasteiger charge is 2.07. The molecule has 3 aromatic rings. The summed E-state index contributed by atoms with van der Waals surface area (Å²) >= 11 is 3.51. The van der Waals surface area contributed by atoms with Crippen LogP contribution in [0.3, 0.4) is 0 Å². The third kappa shape index (κ3) is 3.97. The molecule has 0 aliphatic heterocycles. The molecule has 0 atom stereocenters. The third-order valence-corrected chi connectivity index (χ3v) is 3.95. The van der Waals surface area contributed by atoms with Crippen LogP contribution in [0.15, 0.2) is 70.4 Å². The van der Waals surface area contributed by atoms with Gasteiger partial charge < -0.3 is 4.74 Å². The number of hydrazone groups is 1. The molecule has 0 fully saturated rings. The highest BCUT2D eigenvalue weighted by molar-refractivity contribution is 9.10. The molecule has 0 aliphatic rings. The van der Waals surface area contributed by atoms with Gasteiger partial charge in [-0.2, -0.15) is 5.10 Å². The maximum Gasteiger partial charge on any atom is 0.277 e. The molecule has 3 rings (SSSR count). The molecular formula is C18H14BrN3O2. The molecule has 1 amide bonds. The van der Waals surface area contributed by atoms with Crippen LogP contribution in [-0.2, 0) is 4.79 Å². The minimum absolute atomic E-state index is 0.120. The average Bonchev–Trinajstić information content (AvgIpc) is 2.62. The molecule has 2 aromatic carbocycles. The van der Waals surface area contributed by atoms with Gasteiger partial charge in [-0.1, -0.05) is 46.3 Å². The van der Waals surface area contributed by atoms with Gasteiger partial charge in [-0.15, -0.1) is 0 Å². The summed E-state index contributed by atoms with van der Waals surface area (Å²) in [6.45, 7) is -0.120. The number of ether oxygens (including phenoxy) is 1. The van der Waals surface area contributed by atoms with Crippen molar-refractivity contribution in [2.45, 2.75) is 0 Å². The topological polar surface area (TPSA) is 63.6 Å². The summed E-state index contributed by atoms with van der Waals surface area (Å²) in [5.74, 6) is 0.312. The number of nitrogens with one attached hydrogen (secondary N) is 1. The monoisotopic (exact) mass is 383 g/mol. The fourth-order valence-electron chi connectivity index (χ4n) is 2.16. The molecule has 5 nitrogen and oxygen atoms in total. The van der Waals surface area contributed by atoms with Crippen molar-refractivity contribution in [1.82, 2.24) is 10.4 Å². The largest absolute Gasteiger partial charge is 0.483 e. The van der Waals surface area contributed by atoms with Crippen LogP contribution in [0.4, 0.5) is 0 Å². The minimum Gasteiger partial charge on any atom is -0.483 e. The van der Waals surface area contributed by atoms with Crippen LogP contribution in [0.1, 0.15) is 5.69 Å². The number of aromatic nitrogens is 1. The van der Waals surface area contributed by atoms with Gasteiger partial charge in [0.05, 0.1) is 11.9 Å². The Bertz CT molecular complexity index is 882. The van der Waals surface area contributed by atoms with E-state index in [0.29, 0.717) is 11.4 Å². The Morgan fingerprint density at radius 2 is 1.92 bits per heavy atom. The fraction of sp³-hybridized carbons (Fsp3) is 0.0556. The van der Waals surface area contributed by atoms with E-state index in [1.807, 2.05) is 48.5 Å². The number of rotatable bonds is 5. The lowest BCUT2D eigenvalue weighted by Gasteiger charge is -2.09. The lowest BCUT2D eigenvalue weighted by molar-refractivity contribution is -0.123. The number of hydrogen-bond acceptors (Lipinski definition) is 4. The number of pyridine rings is 1. The van der Waals surface area contributed by atoms with Crippen LogP contribution in [-0.4, -0.2) is 23.7 Å². The predicted octanol–water partition coefficient (Wildman–Crippen LogP) is 3.53. The first-order chi connectivity index (χ1) is 11.7. The second-order valence-corrected chi connectivity index (χ2v) is 5.78. The van der Waals surface area contributed by atoms with Crippen molar-refractivity contribution < 1.29 is 9.53 Å². The van der Waals surface area contributed by atoms with E-state index in [-0.39, 0.29) is 12.5 Å². The Balaban J connectivity index is 1.61. The molecule has 1 heterocycles. The summed E-state index contributed by atoms with van der Waals surface area (Å²) in [6, 6.07) is 17.0. The SMILES string of the molecule is O=C(COc1ccc(Br)c2ccccc12)N/N=C/c1ccccn1. The zero-order chi connectivity index (χ0) is 16.8. The Labute approximate surface area is 147 Å². The van der Waals surface area contributed by atoms with Gasteiger partial charge >= 0.3 is 0 Å². The van der Waals surface area contributed by atoms with E-state index in [2.05, 4.69) is 31.4 Å². The first-order valence-electron chi connectivity index (χ1n) is 7.27. The van der Waals surface area contributed by atoms with E-state index in [0.717, 1.165) is 15.2 Å². The number of hydrogen-bond donors (Lipinski definition) is 1. The van der Waals surface area contributed by atoms with E-state index >= 15 is 0 Å². The minimum atomic E-state index is -0.339. The predicted molar refractivity (Wildman–Crippen MR) is 97.1 cm³/mol. The molecule has 24 heavy (non-hydrogen) atoms. The second kappa shape index (κ2) is 7.70. The first-order valence-corrected chi connectivity index (χ1v) is 8.06. The van der Waals surface area contributed by atoms with Crippen molar-refractivity contribution >= 4 is 38.8 Å². The Hall–Kier alpha value is -2.73. The van der Waals surface area contributed by atoms with Crippen LogP contribution in [0.5, 0.6) is 5.75 Å². The summed E-state index contributed by atoms with van der Waals surface area (Å²) in [6.07, 6.45) is 3.14. The Morgan fingerprint density at radius 1 is 1.12 bits per heavy atom. The standard InChI is InChI=1S/C18H14BrN3O2/c19-16-8-9-17(15-7-2-1-6-14(15)16)24-12-18(23)22-21-11-13-5-3-4-10-20-13/h1-11H,12H2,(H,22,23)/b21-11+. The van der Waals surface area contributed by atoms with Crippen molar-refractivity contribution in [2.75, 3.05) is 6.61 Å². The van der Waals surface area contributed by atoms with Gasteiger partial charge in [0, 0.05) is 16.1 Å². The van der Waals surface area contributed by atoms with Crippen LogP contribution < -0.4 is 10.2 Å². The molecule has 0 spiro atoms. The molecule has 0 saturated carbocycles. The maximum absolute atomic E-state index is 11.8. The molecule has 120 valence electrons. The van der Waals surface area contributed by atoms with Gasteiger partial charge in [0.1, 0.15) is 5.75 Å². The molecule has 0 bridgehead atoms. The molecule has 6 heteroatoms. The smallest absolute Gasteiger partial charge is 0.277 e. The third-order valence-electron chi connectivity index (χ3n) is 3.26. The summed E-state index contributed by atoms with van der Waals surface area (Å²) in [7, 11) is 0. The molecule has 0 unspecified atom stereocenters. The summed E-state index contributed by atoms with van der Waals surface area (Å²) in [5, 5.41) is 5.83. The van der Waals surface area contributed by atoms with Gasteiger partial charge in [-0.05, 0) is 29.7 Å². The number of carbonyl (C=O) groups excluding carboxylic acids is 1. The van der Waals surface area contributed by atoms with Crippen LogP contribution in [0.2, 0.25) is 0 Å². The fourth-order valence-corrected chi connectivity index (χ4v) is 2.64. The molecule has 0 aliphatic carbocycles. The van der Waals surface area contributed by atoms with E-state index in [1.54, 1.807) is 12.3 Å². The second-order valence-electron chi connectivity index (χ2n) is 4.93. The Morgan fingerprint density at radius 3 is 2.71 bits per heavy atom. The van der Waals surface area contributed by atoms with Crippen LogP contribution in [0, 0.1) is 0 Å². The number of halogens is 1. The Kier molecular flexibility index (Phi) is 5.18. The maximum atomic E-state index is 11.8. The zero-order valence-electron chi connectivity index (χ0n) is 12.6. The van der Waals surface area contributed by atoms with Crippen molar-refractivity contribution in [3.63, 3.8) is 0 Å². The molecular weight excluding hydrogens is 370 g/mol. The van der Waals surface area contributed by atoms with Crippen molar-refractivity contribution in [3.05, 3.63) is 71.0 Å². The van der Waals surface area contributed by atoms with Crippen molar-refractivity contribution in [1.29, 1.82) is 0 Å². The molecule has 1 N–H and O–H groups in total. The summed E-state index contributed by atoms with van der Waals surface area (Å²) in [4.78, 5) is 15.9. The summed E-state index contributed by atoms with van der Waals surface area (Å²) in [5.41, 5.74) is 3.08. The highest BCUT2D eigenvalue weighted by Crippen LogP contribution is 2.31. The quantitative estimate of drug-likeness (QED) is 0.541. The lowest BCUT2D eigenvalue weighted by atomic mass is 10.1. The number of carbonyl (C=O) groups is 1. The molecule has 0 saturated heterocycles. The van der Waals surface area contributed by atoms with Gasteiger partial charge in [0.25, 0.3) is 5.91 Å². The van der Waals surface area contributed by atoms with Gasteiger partial charge in [0.2, 0.25) is 0 Å². The highest BCUT2D eigenvalue weighted by atomic mass is 79.9. The van der Waals surface area contributed by atoms with E-state index in [1.165, 1.54) is 6.21 Å². The lowest BCUT2D eigenvalue weighted by Crippen LogP contribution is -2.24. The van der Waals surface area contributed by atoms with Crippen LogP contribution >= 0.6 is 15.9 Å². The number of nitrogens with zero attached hydrogens (tertiary/aromatic N) is 2. The van der Waals surface area contributed by atoms with Gasteiger partial charge in [-0.3, -0.25) is 9.78 Å². The number of benzene rings is 2. The number of amides is 1. The normalized spacial score (nSPS) is 10.9. The van der Waals surface area contributed by atoms with E-state index < -0.39 is 0 Å². The zero-order valence-corrected chi connectivity index (χ0v) is 14.2. The van der Waals surface area contributed by atoms with E-state index in [4.69, 9.17) is 4.74 Å². The van der Waals surface area contributed by atoms with Crippen molar-refractivity contribution in [2.24, 2.45) is 5.10 Å². The van der Waals surface area contributed by atoms with Crippen LogP contribution in [0.25, 0.3) is 10.8 Å².